The van der Waals surface area contributed by atoms with Crippen molar-refractivity contribution < 1.29 is 0 Å². The van der Waals surface area contributed by atoms with Crippen molar-refractivity contribution in [1.82, 2.24) is 9.13 Å². The van der Waals surface area contributed by atoms with E-state index in [-0.39, 0.29) is 12.1 Å². The second kappa shape index (κ2) is 14.3. The fourth-order valence-corrected chi connectivity index (χ4v) is 14.9. The highest BCUT2D eigenvalue weighted by Gasteiger charge is 2.43. The van der Waals surface area contributed by atoms with E-state index in [0.717, 1.165) is 0 Å². The van der Waals surface area contributed by atoms with Gasteiger partial charge in [-0.25, -0.2) is 0 Å². The molecule has 0 radical (unpaired) electrons. The number of para-hydroxylation sites is 3. The maximum absolute atomic E-state index is 2.65. The van der Waals surface area contributed by atoms with E-state index in [2.05, 4.69) is 235 Å². The first-order valence-electron chi connectivity index (χ1n) is 23.6. The van der Waals surface area contributed by atoms with Crippen molar-refractivity contribution in [3.8, 4) is 44.8 Å². The Balaban J connectivity index is 1.07. The van der Waals surface area contributed by atoms with Gasteiger partial charge in [0.2, 0.25) is 6.71 Å². The van der Waals surface area contributed by atoms with Crippen LogP contribution in [0.25, 0.3) is 88.4 Å². The molecule has 2 aromatic heterocycles. The van der Waals surface area contributed by atoms with Crippen molar-refractivity contribution in [2.24, 2.45) is 0 Å². The summed E-state index contributed by atoms with van der Waals surface area (Å²) in [6.07, 6.45) is 0. The van der Waals surface area contributed by atoms with Gasteiger partial charge < -0.3 is 9.13 Å². The Labute approximate surface area is 404 Å². The van der Waals surface area contributed by atoms with E-state index >= 15 is 0 Å². The molecule has 68 heavy (non-hydrogen) atoms. The van der Waals surface area contributed by atoms with Gasteiger partial charge in [0.1, 0.15) is 0 Å². The molecule has 0 unspecified atom stereocenters. The zero-order valence-electron chi connectivity index (χ0n) is 37.5. The summed E-state index contributed by atoms with van der Waals surface area (Å²) in [5.74, 6) is 0. The Morgan fingerprint density at radius 2 is 0.912 bits per heavy atom. The first-order chi connectivity index (χ1) is 33.5. The van der Waals surface area contributed by atoms with Crippen LogP contribution in [-0.4, -0.2) is 15.8 Å². The van der Waals surface area contributed by atoms with Crippen molar-refractivity contribution in [1.29, 1.82) is 0 Å². The zero-order valence-corrected chi connectivity index (χ0v) is 39.1. The number of benzene rings is 10. The Morgan fingerprint density at radius 1 is 0.412 bits per heavy atom. The summed E-state index contributed by atoms with van der Waals surface area (Å²) in [5, 5.41) is 5.19. The molecule has 2 aliphatic heterocycles. The van der Waals surface area contributed by atoms with Crippen molar-refractivity contribution in [3.63, 3.8) is 0 Å². The molecular formula is C63H41BN2S2. The third-order valence-electron chi connectivity index (χ3n) is 15.2. The molecule has 15 rings (SSSR count). The van der Waals surface area contributed by atoms with Crippen molar-refractivity contribution >= 4 is 90.2 Å². The van der Waals surface area contributed by atoms with E-state index in [1.165, 1.54) is 135 Å². The van der Waals surface area contributed by atoms with Crippen LogP contribution in [0.5, 0.6) is 0 Å². The fourth-order valence-electron chi connectivity index (χ4n) is 12.3. The first-order valence-corrected chi connectivity index (χ1v) is 25.3. The van der Waals surface area contributed by atoms with E-state index in [1.54, 1.807) is 0 Å². The van der Waals surface area contributed by atoms with E-state index < -0.39 is 0 Å². The maximum atomic E-state index is 2.65. The quantitative estimate of drug-likeness (QED) is 0.163. The van der Waals surface area contributed by atoms with Crippen molar-refractivity contribution in [3.05, 3.63) is 223 Å². The maximum Gasteiger partial charge on any atom is 0.247 e. The molecule has 3 aliphatic rings. The summed E-state index contributed by atoms with van der Waals surface area (Å²) in [4.78, 5) is 5.30. The van der Waals surface area contributed by atoms with Crippen LogP contribution < -0.4 is 16.4 Å². The van der Waals surface area contributed by atoms with Gasteiger partial charge in [-0.15, -0.1) is 0 Å². The van der Waals surface area contributed by atoms with Crippen molar-refractivity contribution in [2.45, 2.75) is 38.8 Å². The molecule has 0 saturated carbocycles. The molecule has 1 aliphatic carbocycles. The van der Waals surface area contributed by atoms with Crippen molar-refractivity contribution in [2.75, 3.05) is 0 Å². The molecule has 0 N–H and O–H groups in total. The smallest absolute Gasteiger partial charge is 0.247 e. The SMILES string of the molecule is CC1(C)c2ccccc2-c2c1c1c3ccccc3n(-c3cc4c5c(c3)Sc3cc(-c6ccccc6)ccc3B5c3ccc(-c5ccccc5)cc3S4)c1c1c3ccccc3n(-c3ccccc3)c21. The Kier molecular flexibility index (Phi) is 8.12. The van der Waals surface area contributed by atoms with Crippen LogP contribution in [0.15, 0.2) is 232 Å². The number of nitrogens with zero attached hydrogens (tertiary/aromatic N) is 2. The van der Waals surface area contributed by atoms with Gasteiger partial charge in [-0.3, -0.25) is 0 Å². The van der Waals surface area contributed by atoms with E-state index in [0.29, 0.717) is 0 Å². The molecule has 0 atom stereocenters. The number of rotatable bonds is 4. The molecule has 4 heterocycles. The summed E-state index contributed by atoms with van der Waals surface area (Å²) in [6.45, 7) is 5.01. The average Bonchev–Trinajstić information content (AvgIpc) is 4.00. The normalized spacial score (nSPS) is 14.0. The highest BCUT2D eigenvalue weighted by atomic mass is 32.2. The van der Waals surface area contributed by atoms with Gasteiger partial charge in [-0.1, -0.05) is 212 Å². The van der Waals surface area contributed by atoms with E-state index in [4.69, 9.17) is 0 Å². The largest absolute Gasteiger partial charge is 0.309 e. The van der Waals surface area contributed by atoms with Gasteiger partial charge in [0.05, 0.1) is 22.1 Å². The highest BCUT2D eigenvalue weighted by Crippen LogP contribution is 2.58. The lowest BCUT2D eigenvalue weighted by molar-refractivity contribution is 0.667. The zero-order chi connectivity index (χ0) is 44.8. The summed E-state index contributed by atoms with van der Waals surface area (Å²) in [5.41, 5.74) is 21.7. The van der Waals surface area contributed by atoms with Gasteiger partial charge >= 0.3 is 0 Å². The summed E-state index contributed by atoms with van der Waals surface area (Å²) in [7, 11) is 0. The fraction of sp³-hybridized carbons (Fsp3) is 0.0476. The van der Waals surface area contributed by atoms with Gasteiger partial charge in [0.15, 0.2) is 0 Å². The van der Waals surface area contributed by atoms with Gasteiger partial charge in [-0.2, -0.15) is 0 Å². The minimum Gasteiger partial charge on any atom is -0.309 e. The summed E-state index contributed by atoms with van der Waals surface area (Å²) in [6, 6.07) is 79.6. The molecule has 2 nitrogen and oxygen atoms in total. The predicted molar refractivity (Wildman–Crippen MR) is 289 cm³/mol. The van der Waals surface area contributed by atoms with Crippen LogP contribution in [0.1, 0.15) is 25.0 Å². The molecule has 318 valence electrons. The third-order valence-corrected chi connectivity index (χ3v) is 17.4. The molecule has 12 aromatic rings. The minimum atomic E-state index is -0.258. The monoisotopic (exact) mass is 900 g/mol. The Hall–Kier alpha value is -7.44. The van der Waals surface area contributed by atoms with Gasteiger partial charge in [0.25, 0.3) is 0 Å². The highest BCUT2D eigenvalue weighted by molar-refractivity contribution is 8.01. The van der Waals surface area contributed by atoms with Crippen LogP contribution in [0.2, 0.25) is 0 Å². The Bertz CT molecular complexity index is 4000. The molecule has 10 aromatic carbocycles. The molecule has 5 heteroatoms. The average molecular weight is 901 g/mol. The topological polar surface area (TPSA) is 9.86 Å². The van der Waals surface area contributed by atoms with E-state index in [1.807, 2.05) is 23.5 Å². The van der Waals surface area contributed by atoms with Crippen LogP contribution in [-0.2, 0) is 5.41 Å². The standard InChI is InChI=1S/C63H41BN2S2/c1-63(2)47-27-15-12-24-44(47)56-59(63)57-45-25-13-16-28-50(45)66(62(57)58-46-26-14-17-29-51(46)65(61(56)58)42-22-10-5-11-23-42)43-36-54-60-55(37-43)68-53-35-41(39-20-8-4-9-21-39)31-33-49(53)64(60)48-32-30-40(34-52(48)67-54)38-18-6-3-7-19-38/h3-37H,1-2H3. The molecule has 0 bridgehead atoms. The number of hydrogen-bond donors (Lipinski definition) is 0. The van der Waals surface area contributed by atoms with Gasteiger partial charge in [0, 0.05) is 63.5 Å². The third kappa shape index (κ3) is 5.29. The number of aromatic nitrogens is 2. The number of hydrogen-bond acceptors (Lipinski definition) is 2. The van der Waals surface area contributed by atoms with Crippen LogP contribution in [0.4, 0.5) is 0 Å². The summed E-state index contributed by atoms with van der Waals surface area (Å²) < 4.78 is 5.20. The lowest BCUT2D eigenvalue weighted by atomic mass is 9.36. The van der Waals surface area contributed by atoms with Crippen LogP contribution in [0, 0.1) is 0 Å². The van der Waals surface area contributed by atoms with Gasteiger partial charge in [-0.05, 0) is 92.9 Å². The van der Waals surface area contributed by atoms with Crippen LogP contribution in [0.3, 0.4) is 0 Å². The molecule has 0 saturated heterocycles. The minimum absolute atomic E-state index is 0.118. The first kappa shape index (κ1) is 38.6. The lowest BCUT2D eigenvalue weighted by Gasteiger charge is -2.34. The van der Waals surface area contributed by atoms with E-state index in [9.17, 15) is 0 Å². The molecule has 0 spiro atoms. The second-order valence-electron chi connectivity index (χ2n) is 19.1. The predicted octanol–water partition coefficient (Wildman–Crippen LogP) is 15.0. The summed E-state index contributed by atoms with van der Waals surface area (Å²) >= 11 is 3.89. The number of fused-ring (bicyclic) bond motifs is 16. The second-order valence-corrected chi connectivity index (χ2v) is 21.3. The molecule has 0 amide bonds. The molecule has 0 fully saturated rings. The van der Waals surface area contributed by atoms with Crippen LogP contribution >= 0.6 is 23.5 Å². The Morgan fingerprint density at radius 3 is 1.51 bits per heavy atom. The molecular weight excluding hydrogens is 860 g/mol. The lowest BCUT2D eigenvalue weighted by Crippen LogP contribution is -2.58.